The number of piperazine rings is 1. The van der Waals surface area contributed by atoms with Gasteiger partial charge in [-0.2, -0.15) is 0 Å². The molecule has 0 unspecified atom stereocenters. The first kappa shape index (κ1) is 21.1. The molecule has 9 heteroatoms. The molecule has 2 heterocycles. The molecule has 156 valence electrons. The van der Waals surface area contributed by atoms with Crippen LogP contribution in [0, 0.1) is 0 Å². The van der Waals surface area contributed by atoms with Crippen molar-refractivity contribution in [1.29, 1.82) is 0 Å². The first-order valence-corrected chi connectivity index (χ1v) is 10.3. The summed E-state index contributed by atoms with van der Waals surface area (Å²) in [7, 11) is 4.52. The van der Waals surface area contributed by atoms with E-state index in [2.05, 4.69) is 15.0 Å². The average Bonchev–Trinajstić information content (AvgIpc) is 3.22. The van der Waals surface area contributed by atoms with E-state index in [0.29, 0.717) is 13.1 Å². The lowest BCUT2D eigenvalue weighted by atomic mass is 10.2. The van der Waals surface area contributed by atoms with Crippen molar-refractivity contribution in [2.45, 2.75) is 6.54 Å². The molecule has 2 aromatic rings. The maximum Gasteiger partial charge on any atom is 0.409 e. The van der Waals surface area contributed by atoms with Gasteiger partial charge in [0.1, 0.15) is 17.3 Å². The van der Waals surface area contributed by atoms with Crippen LogP contribution in [0.2, 0.25) is 0 Å². The van der Waals surface area contributed by atoms with Crippen molar-refractivity contribution >= 4 is 23.3 Å². The fourth-order valence-electron chi connectivity index (χ4n) is 3.15. The molecule has 0 bridgehead atoms. The maximum atomic E-state index is 12.3. The van der Waals surface area contributed by atoms with Gasteiger partial charge < -0.3 is 19.3 Å². The number of methoxy groups -OCH3 is 2. The summed E-state index contributed by atoms with van der Waals surface area (Å²) >= 11 is 1.63. The smallest absolute Gasteiger partial charge is 0.409 e. The number of likely N-dealkylation sites (N-methyl/N-ethyl adjacent to an activating group) is 1. The van der Waals surface area contributed by atoms with Crippen LogP contribution in [0.25, 0.3) is 10.6 Å². The van der Waals surface area contributed by atoms with E-state index >= 15 is 0 Å². The van der Waals surface area contributed by atoms with Crippen LogP contribution in [0.3, 0.4) is 0 Å². The molecule has 3 rings (SSSR count). The largest absolute Gasteiger partial charge is 0.497 e. The molecule has 1 saturated heterocycles. The normalized spacial score (nSPS) is 14.5. The number of hydrogen-bond donors (Lipinski definition) is 0. The minimum atomic E-state index is -0.506. The Morgan fingerprint density at radius 2 is 1.83 bits per heavy atom. The summed E-state index contributed by atoms with van der Waals surface area (Å²) in [6, 6.07) is 7.89. The number of carbonyl (C=O) groups excluding carboxylic acids is 2. The zero-order valence-corrected chi connectivity index (χ0v) is 17.8. The fourth-order valence-corrected chi connectivity index (χ4v) is 3.97. The highest BCUT2D eigenvalue weighted by Gasteiger charge is 2.23. The third-order valence-electron chi connectivity index (χ3n) is 4.86. The molecule has 1 aromatic heterocycles. The van der Waals surface area contributed by atoms with Gasteiger partial charge in [-0.1, -0.05) is 0 Å². The molecule has 1 fully saturated rings. The van der Waals surface area contributed by atoms with Crippen LogP contribution in [0.5, 0.6) is 5.75 Å². The third-order valence-corrected chi connectivity index (χ3v) is 5.80. The Kier molecular flexibility index (Phi) is 7.05. The van der Waals surface area contributed by atoms with E-state index in [0.717, 1.165) is 41.6 Å². The lowest BCUT2D eigenvalue weighted by Crippen LogP contribution is -2.51. The molecule has 0 saturated carbocycles. The van der Waals surface area contributed by atoms with Crippen molar-refractivity contribution in [1.82, 2.24) is 19.7 Å². The predicted molar refractivity (Wildman–Crippen MR) is 111 cm³/mol. The topological polar surface area (TPSA) is 75.2 Å². The Balaban J connectivity index is 1.49. The van der Waals surface area contributed by atoms with E-state index in [1.165, 1.54) is 12.0 Å². The zero-order chi connectivity index (χ0) is 20.8. The molecule has 2 amide bonds. The number of thiazole rings is 1. The van der Waals surface area contributed by atoms with Gasteiger partial charge >= 0.3 is 6.09 Å². The molecule has 29 heavy (non-hydrogen) atoms. The lowest BCUT2D eigenvalue weighted by molar-refractivity contribution is -0.133. The number of hydrogen-bond acceptors (Lipinski definition) is 7. The Morgan fingerprint density at radius 1 is 1.14 bits per heavy atom. The van der Waals surface area contributed by atoms with E-state index in [9.17, 15) is 9.59 Å². The van der Waals surface area contributed by atoms with Crippen LogP contribution >= 0.6 is 11.3 Å². The molecule has 1 aliphatic heterocycles. The van der Waals surface area contributed by atoms with Crippen LogP contribution in [-0.4, -0.2) is 85.7 Å². The van der Waals surface area contributed by atoms with Crippen LogP contribution in [0.1, 0.15) is 5.69 Å². The molecule has 0 atom stereocenters. The summed E-state index contributed by atoms with van der Waals surface area (Å²) in [5.41, 5.74) is 2.11. The van der Waals surface area contributed by atoms with Gasteiger partial charge in [0.2, 0.25) is 5.91 Å². The van der Waals surface area contributed by atoms with Gasteiger partial charge in [0, 0.05) is 50.7 Å². The Labute approximate surface area is 174 Å². The van der Waals surface area contributed by atoms with Crippen molar-refractivity contribution in [2.24, 2.45) is 0 Å². The summed E-state index contributed by atoms with van der Waals surface area (Å²) < 4.78 is 9.82. The molecule has 8 nitrogen and oxygen atoms in total. The van der Waals surface area contributed by atoms with Gasteiger partial charge in [0.15, 0.2) is 0 Å². The van der Waals surface area contributed by atoms with Crippen molar-refractivity contribution in [3.8, 4) is 16.3 Å². The van der Waals surface area contributed by atoms with Crippen LogP contribution in [-0.2, 0) is 16.1 Å². The summed E-state index contributed by atoms with van der Waals surface area (Å²) in [6.45, 7) is 3.64. The lowest BCUT2D eigenvalue weighted by Gasteiger charge is -2.35. The van der Waals surface area contributed by atoms with E-state index in [1.54, 1.807) is 30.4 Å². The average molecular weight is 419 g/mol. The van der Waals surface area contributed by atoms with Crippen molar-refractivity contribution in [2.75, 3.05) is 54.0 Å². The van der Waals surface area contributed by atoms with Gasteiger partial charge in [0.05, 0.1) is 19.9 Å². The van der Waals surface area contributed by atoms with Gasteiger partial charge in [-0.15, -0.1) is 11.3 Å². The van der Waals surface area contributed by atoms with Crippen LogP contribution < -0.4 is 4.74 Å². The predicted octanol–water partition coefficient (Wildman–Crippen LogP) is 2.16. The number of aromatic nitrogens is 1. The maximum absolute atomic E-state index is 12.3. The molecule has 1 aliphatic rings. The van der Waals surface area contributed by atoms with Crippen molar-refractivity contribution in [3.05, 3.63) is 35.3 Å². The number of rotatable bonds is 6. The van der Waals surface area contributed by atoms with Crippen molar-refractivity contribution in [3.63, 3.8) is 0 Å². The molecular weight excluding hydrogens is 392 g/mol. The monoisotopic (exact) mass is 418 g/mol. The molecule has 0 radical (unpaired) electrons. The molecular formula is C20H26N4O4S. The first-order valence-electron chi connectivity index (χ1n) is 9.38. The summed E-state index contributed by atoms with van der Waals surface area (Å²) in [6.07, 6.45) is -0.506. The van der Waals surface area contributed by atoms with E-state index in [-0.39, 0.29) is 12.5 Å². The second-order valence-corrected chi connectivity index (χ2v) is 7.71. The van der Waals surface area contributed by atoms with Gasteiger partial charge in [-0.05, 0) is 24.3 Å². The van der Waals surface area contributed by atoms with Gasteiger partial charge in [-0.3, -0.25) is 9.69 Å². The molecule has 0 aliphatic carbocycles. The Bertz CT molecular complexity index is 831. The number of nitrogens with zero attached hydrogens (tertiary/aromatic N) is 4. The fraction of sp³-hybridized carbons (Fsp3) is 0.450. The Hall–Kier alpha value is -2.65. The van der Waals surface area contributed by atoms with Crippen LogP contribution in [0.15, 0.2) is 29.6 Å². The third kappa shape index (κ3) is 5.45. The summed E-state index contributed by atoms with van der Waals surface area (Å²) in [4.78, 5) is 33.9. The SMILES string of the molecule is COC(=O)N(C)CC(=O)N1CCN(Cc2csc(-c3ccc(OC)cc3)n2)CC1. The second-order valence-electron chi connectivity index (χ2n) is 6.86. The number of amides is 2. The highest BCUT2D eigenvalue weighted by atomic mass is 32.1. The number of ether oxygens (including phenoxy) is 2. The Morgan fingerprint density at radius 3 is 2.45 bits per heavy atom. The quantitative estimate of drug-likeness (QED) is 0.716. The minimum Gasteiger partial charge on any atom is -0.497 e. The first-order chi connectivity index (χ1) is 14.0. The summed E-state index contributed by atoms with van der Waals surface area (Å²) in [5.74, 6) is 0.767. The minimum absolute atomic E-state index is 0.0317. The summed E-state index contributed by atoms with van der Waals surface area (Å²) in [5, 5.41) is 3.07. The molecule has 1 aromatic carbocycles. The standard InChI is InChI=1S/C20H26N4O4S/c1-22(20(26)28-3)13-18(25)24-10-8-23(9-11-24)12-16-14-29-19(21-16)15-4-6-17(27-2)7-5-15/h4-7,14H,8-13H2,1-3H3. The van der Waals surface area contributed by atoms with Gasteiger partial charge in [-0.25, -0.2) is 9.78 Å². The second kappa shape index (κ2) is 9.71. The number of carbonyl (C=O) groups is 2. The van der Waals surface area contributed by atoms with E-state index in [4.69, 9.17) is 9.72 Å². The van der Waals surface area contributed by atoms with Gasteiger partial charge in [0.25, 0.3) is 0 Å². The number of benzene rings is 1. The van der Waals surface area contributed by atoms with Crippen molar-refractivity contribution < 1.29 is 19.1 Å². The van der Waals surface area contributed by atoms with E-state index < -0.39 is 6.09 Å². The van der Waals surface area contributed by atoms with Crippen LogP contribution in [0.4, 0.5) is 4.79 Å². The highest BCUT2D eigenvalue weighted by Crippen LogP contribution is 2.26. The molecule has 0 spiro atoms. The molecule has 0 N–H and O–H groups in total. The van der Waals surface area contributed by atoms with E-state index in [1.807, 2.05) is 24.3 Å². The highest BCUT2D eigenvalue weighted by molar-refractivity contribution is 7.13. The zero-order valence-electron chi connectivity index (χ0n) is 17.0.